The summed E-state index contributed by atoms with van der Waals surface area (Å²) in [5.74, 6) is -0.0872. The summed E-state index contributed by atoms with van der Waals surface area (Å²) in [6.07, 6.45) is 3.90. The molecular weight excluding hydrogens is 214 g/mol. The van der Waals surface area contributed by atoms with Crippen molar-refractivity contribution < 1.29 is 9.53 Å². The number of esters is 1. The first kappa shape index (κ1) is 12.0. The van der Waals surface area contributed by atoms with Crippen molar-refractivity contribution in [3.8, 4) is 0 Å². The highest BCUT2D eigenvalue weighted by molar-refractivity contribution is 5.70. The number of rotatable bonds is 5. The average molecular weight is 233 g/mol. The van der Waals surface area contributed by atoms with Gasteiger partial charge in [0.15, 0.2) is 0 Å². The number of nitrogens with one attached hydrogen (secondary N) is 1. The third kappa shape index (κ3) is 3.48. The van der Waals surface area contributed by atoms with E-state index in [1.54, 1.807) is 0 Å². The maximum atomic E-state index is 11.5. The summed E-state index contributed by atoms with van der Waals surface area (Å²) in [5, 5.41) is 3.25. The van der Waals surface area contributed by atoms with Gasteiger partial charge < -0.3 is 10.1 Å². The fraction of sp³-hybridized carbons (Fsp3) is 0.500. The first-order valence-corrected chi connectivity index (χ1v) is 6.24. The van der Waals surface area contributed by atoms with Crippen LogP contribution in [0.25, 0.3) is 0 Å². The van der Waals surface area contributed by atoms with Crippen LogP contribution < -0.4 is 5.32 Å². The van der Waals surface area contributed by atoms with Crippen LogP contribution in [0.2, 0.25) is 0 Å². The van der Waals surface area contributed by atoms with Gasteiger partial charge in [-0.15, -0.1) is 0 Å². The minimum Gasteiger partial charge on any atom is -0.462 e. The van der Waals surface area contributed by atoms with Crippen LogP contribution in [-0.4, -0.2) is 18.6 Å². The molecule has 17 heavy (non-hydrogen) atoms. The molecule has 0 heterocycles. The molecule has 0 aromatic heterocycles. The Morgan fingerprint density at radius 2 is 2.18 bits per heavy atom. The molecule has 92 valence electrons. The lowest BCUT2D eigenvalue weighted by Gasteiger charge is -2.25. The van der Waals surface area contributed by atoms with E-state index in [1.807, 2.05) is 18.2 Å². The van der Waals surface area contributed by atoms with E-state index in [4.69, 9.17) is 4.74 Å². The average Bonchev–Trinajstić information content (AvgIpc) is 2.26. The van der Waals surface area contributed by atoms with Crippen molar-refractivity contribution in [2.45, 2.75) is 38.7 Å². The zero-order chi connectivity index (χ0) is 12.1. The van der Waals surface area contributed by atoms with Crippen LogP contribution in [0.4, 0.5) is 5.69 Å². The van der Waals surface area contributed by atoms with Crippen molar-refractivity contribution in [1.29, 1.82) is 0 Å². The minimum absolute atomic E-state index is 0.0872. The predicted octanol–water partition coefficient (Wildman–Crippen LogP) is 2.89. The lowest BCUT2D eigenvalue weighted by atomic mass is 9.96. The highest BCUT2D eigenvalue weighted by atomic mass is 16.5. The summed E-state index contributed by atoms with van der Waals surface area (Å²) in [5.41, 5.74) is 2.28. The summed E-state index contributed by atoms with van der Waals surface area (Å²) in [7, 11) is 0. The van der Waals surface area contributed by atoms with E-state index in [0.29, 0.717) is 13.0 Å². The number of ether oxygens (including phenoxy) is 1. The Morgan fingerprint density at radius 1 is 1.41 bits per heavy atom. The fourth-order valence-corrected chi connectivity index (χ4v) is 1.80. The molecule has 1 aliphatic carbocycles. The summed E-state index contributed by atoms with van der Waals surface area (Å²) in [4.78, 5) is 11.5. The molecule has 0 atom stereocenters. The Kier molecular flexibility index (Phi) is 4.02. The molecule has 0 aliphatic heterocycles. The fourth-order valence-electron chi connectivity index (χ4n) is 1.80. The Balaban J connectivity index is 1.68. The summed E-state index contributed by atoms with van der Waals surface area (Å²) >= 11 is 0. The molecule has 1 fully saturated rings. The third-order valence-electron chi connectivity index (χ3n) is 3.14. The molecule has 0 spiro atoms. The third-order valence-corrected chi connectivity index (χ3v) is 3.14. The van der Waals surface area contributed by atoms with Gasteiger partial charge in [0.1, 0.15) is 6.10 Å². The standard InChI is InChI=1S/C14H19NO2/c1-11-5-2-3-8-13(11)15-10-9-14(16)17-12-6-4-7-12/h2-3,5,8,12,15H,4,6-7,9-10H2,1H3. The van der Waals surface area contributed by atoms with Crippen molar-refractivity contribution >= 4 is 11.7 Å². The quantitative estimate of drug-likeness (QED) is 0.795. The molecule has 0 radical (unpaired) electrons. The van der Waals surface area contributed by atoms with Crippen LogP contribution in [0.15, 0.2) is 24.3 Å². The second-order valence-corrected chi connectivity index (χ2v) is 4.53. The predicted molar refractivity (Wildman–Crippen MR) is 68.0 cm³/mol. The maximum Gasteiger partial charge on any atom is 0.307 e. The van der Waals surface area contributed by atoms with Gasteiger partial charge >= 0.3 is 5.97 Å². The van der Waals surface area contributed by atoms with Crippen molar-refractivity contribution in [2.75, 3.05) is 11.9 Å². The van der Waals surface area contributed by atoms with Crippen molar-refractivity contribution in [3.05, 3.63) is 29.8 Å². The van der Waals surface area contributed by atoms with Crippen LogP contribution >= 0.6 is 0 Å². The van der Waals surface area contributed by atoms with Gasteiger partial charge in [-0.3, -0.25) is 4.79 Å². The van der Waals surface area contributed by atoms with E-state index < -0.39 is 0 Å². The van der Waals surface area contributed by atoms with Gasteiger partial charge in [-0.1, -0.05) is 18.2 Å². The SMILES string of the molecule is Cc1ccccc1NCCC(=O)OC1CCC1. The normalized spacial score (nSPS) is 15.1. The van der Waals surface area contributed by atoms with Crippen LogP contribution in [0.1, 0.15) is 31.2 Å². The first-order chi connectivity index (χ1) is 8.25. The molecule has 0 unspecified atom stereocenters. The van der Waals surface area contributed by atoms with Crippen molar-refractivity contribution in [3.63, 3.8) is 0 Å². The van der Waals surface area contributed by atoms with Gasteiger partial charge in [0.2, 0.25) is 0 Å². The van der Waals surface area contributed by atoms with Crippen LogP contribution in [0.3, 0.4) is 0 Å². The zero-order valence-electron chi connectivity index (χ0n) is 10.2. The van der Waals surface area contributed by atoms with Crippen LogP contribution in [0, 0.1) is 6.92 Å². The molecule has 0 saturated heterocycles. The lowest BCUT2D eigenvalue weighted by molar-refractivity contribution is -0.152. The number of hydrogen-bond donors (Lipinski definition) is 1. The molecule has 1 aromatic rings. The number of hydrogen-bond acceptors (Lipinski definition) is 3. The molecular formula is C14H19NO2. The van der Waals surface area contributed by atoms with E-state index in [0.717, 1.165) is 18.5 Å². The molecule has 1 saturated carbocycles. The molecule has 0 amide bonds. The topological polar surface area (TPSA) is 38.3 Å². The van der Waals surface area contributed by atoms with E-state index in [9.17, 15) is 4.79 Å². The molecule has 1 aliphatic rings. The summed E-state index contributed by atoms with van der Waals surface area (Å²) in [6.45, 7) is 2.69. The Bertz CT molecular complexity index is 386. The van der Waals surface area contributed by atoms with Crippen molar-refractivity contribution in [2.24, 2.45) is 0 Å². The van der Waals surface area contributed by atoms with Crippen LogP contribution in [-0.2, 0) is 9.53 Å². The smallest absolute Gasteiger partial charge is 0.307 e. The molecule has 0 bridgehead atoms. The van der Waals surface area contributed by atoms with Gasteiger partial charge in [0, 0.05) is 12.2 Å². The Labute approximate surface area is 102 Å². The second kappa shape index (κ2) is 5.71. The van der Waals surface area contributed by atoms with Gasteiger partial charge in [-0.05, 0) is 37.8 Å². The number of anilines is 1. The Morgan fingerprint density at radius 3 is 2.82 bits per heavy atom. The molecule has 3 nitrogen and oxygen atoms in total. The second-order valence-electron chi connectivity index (χ2n) is 4.53. The summed E-state index contributed by atoms with van der Waals surface area (Å²) in [6, 6.07) is 8.06. The molecule has 1 aromatic carbocycles. The van der Waals surface area contributed by atoms with E-state index >= 15 is 0 Å². The molecule has 1 N–H and O–H groups in total. The van der Waals surface area contributed by atoms with E-state index in [1.165, 1.54) is 12.0 Å². The summed E-state index contributed by atoms with van der Waals surface area (Å²) < 4.78 is 5.28. The molecule has 2 rings (SSSR count). The van der Waals surface area contributed by atoms with Crippen molar-refractivity contribution in [1.82, 2.24) is 0 Å². The number of para-hydroxylation sites is 1. The number of benzene rings is 1. The van der Waals surface area contributed by atoms with Gasteiger partial charge in [-0.25, -0.2) is 0 Å². The van der Waals surface area contributed by atoms with Gasteiger partial charge in [0.05, 0.1) is 6.42 Å². The highest BCUT2D eigenvalue weighted by Crippen LogP contribution is 2.22. The lowest BCUT2D eigenvalue weighted by Crippen LogP contribution is -2.26. The number of aryl methyl sites for hydroxylation is 1. The molecule has 3 heteroatoms. The van der Waals surface area contributed by atoms with E-state index in [2.05, 4.69) is 18.3 Å². The monoisotopic (exact) mass is 233 g/mol. The zero-order valence-corrected chi connectivity index (χ0v) is 10.2. The number of carbonyl (C=O) groups excluding carboxylic acids is 1. The van der Waals surface area contributed by atoms with Gasteiger partial charge in [0.25, 0.3) is 0 Å². The maximum absolute atomic E-state index is 11.5. The highest BCUT2D eigenvalue weighted by Gasteiger charge is 2.21. The minimum atomic E-state index is -0.0872. The Hall–Kier alpha value is -1.51. The van der Waals surface area contributed by atoms with Crippen LogP contribution in [0.5, 0.6) is 0 Å². The first-order valence-electron chi connectivity index (χ1n) is 6.24. The largest absolute Gasteiger partial charge is 0.462 e. The number of carbonyl (C=O) groups is 1. The van der Waals surface area contributed by atoms with Gasteiger partial charge in [-0.2, -0.15) is 0 Å². The van der Waals surface area contributed by atoms with E-state index in [-0.39, 0.29) is 12.1 Å².